The van der Waals surface area contributed by atoms with Gasteiger partial charge in [-0.05, 0) is 50.9 Å². The van der Waals surface area contributed by atoms with Crippen LogP contribution < -0.4 is 0 Å². The highest BCUT2D eigenvalue weighted by molar-refractivity contribution is 5.12. The van der Waals surface area contributed by atoms with Crippen molar-refractivity contribution in [1.29, 1.82) is 0 Å². The van der Waals surface area contributed by atoms with Crippen molar-refractivity contribution < 1.29 is 4.39 Å². The fourth-order valence-electron chi connectivity index (χ4n) is 2.71. The lowest BCUT2D eigenvalue weighted by atomic mass is 9.61. The molecule has 0 N–H and O–H groups in total. The number of rotatable bonds is 2. The Morgan fingerprint density at radius 3 is 1.93 bits per heavy atom. The molecule has 0 radical (unpaired) electrons. The van der Waals surface area contributed by atoms with Gasteiger partial charge in [0.05, 0.1) is 0 Å². The maximum absolute atomic E-state index is 13.7. The predicted molar refractivity (Wildman–Crippen MR) is 60.1 cm³/mol. The van der Waals surface area contributed by atoms with E-state index < -0.39 is 5.67 Å². The van der Waals surface area contributed by atoms with Crippen LogP contribution in [0.4, 0.5) is 4.39 Å². The maximum atomic E-state index is 13.7. The Kier molecular flexibility index (Phi) is 3.08. The Morgan fingerprint density at radius 1 is 1.21 bits per heavy atom. The van der Waals surface area contributed by atoms with Crippen molar-refractivity contribution >= 4 is 0 Å². The predicted octanol–water partition coefficient (Wildman–Crippen LogP) is 4.51. The smallest absolute Gasteiger partial charge is 0.108 e. The van der Waals surface area contributed by atoms with E-state index in [-0.39, 0.29) is 5.41 Å². The summed E-state index contributed by atoms with van der Waals surface area (Å²) >= 11 is 0. The summed E-state index contributed by atoms with van der Waals surface area (Å²) in [5, 5.41) is 0. The number of allylic oxidation sites excluding steroid dienone is 1. The average molecular weight is 198 g/mol. The van der Waals surface area contributed by atoms with Gasteiger partial charge in [-0.1, -0.05) is 26.0 Å². The second-order valence-corrected chi connectivity index (χ2v) is 5.50. The van der Waals surface area contributed by atoms with Crippen molar-refractivity contribution in [2.45, 2.75) is 59.0 Å². The lowest BCUT2D eigenvalue weighted by Gasteiger charge is -2.45. The number of hydrogen-bond donors (Lipinski definition) is 0. The van der Waals surface area contributed by atoms with Gasteiger partial charge in [-0.15, -0.1) is 0 Å². The molecule has 0 amide bonds. The van der Waals surface area contributed by atoms with Gasteiger partial charge in [-0.2, -0.15) is 0 Å². The van der Waals surface area contributed by atoms with Crippen LogP contribution in [0.5, 0.6) is 0 Å². The molecule has 1 aliphatic carbocycles. The van der Waals surface area contributed by atoms with Crippen LogP contribution >= 0.6 is 0 Å². The number of hydrogen-bond acceptors (Lipinski definition) is 0. The SMILES string of the molecule is C=C(C)C1(C(C)C)CCC(C)(F)CC1. The normalized spacial score (nSPS) is 38.7. The first-order chi connectivity index (χ1) is 6.30. The minimum Gasteiger partial charge on any atom is -0.244 e. The first kappa shape index (κ1) is 11.7. The lowest BCUT2D eigenvalue weighted by Crippen LogP contribution is -2.38. The molecule has 0 saturated heterocycles. The van der Waals surface area contributed by atoms with Crippen LogP contribution in [0, 0.1) is 11.3 Å². The molecule has 0 aliphatic heterocycles. The monoisotopic (exact) mass is 198 g/mol. The molecule has 1 saturated carbocycles. The van der Waals surface area contributed by atoms with E-state index in [2.05, 4.69) is 27.4 Å². The van der Waals surface area contributed by atoms with E-state index in [1.54, 1.807) is 6.92 Å². The fraction of sp³-hybridized carbons (Fsp3) is 0.846. The summed E-state index contributed by atoms with van der Waals surface area (Å²) in [6.45, 7) is 12.4. The van der Waals surface area contributed by atoms with E-state index in [0.29, 0.717) is 18.8 Å². The molecule has 0 heterocycles. The fourth-order valence-corrected chi connectivity index (χ4v) is 2.71. The molecular formula is C13H23F. The van der Waals surface area contributed by atoms with E-state index >= 15 is 0 Å². The van der Waals surface area contributed by atoms with Gasteiger partial charge in [0.25, 0.3) is 0 Å². The van der Waals surface area contributed by atoms with Crippen LogP contribution in [0.3, 0.4) is 0 Å². The zero-order valence-electron chi connectivity index (χ0n) is 9.99. The summed E-state index contributed by atoms with van der Waals surface area (Å²) in [5.41, 5.74) is 0.502. The molecule has 1 aliphatic rings. The van der Waals surface area contributed by atoms with E-state index in [1.807, 2.05) is 0 Å². The van der Waals surface area contributed by atoms with Crippen LogP contribution in [0.25, 0.3) is 0 Å². The summed E-state index contributed by atoms with van der Waals surface area (Å²) in [4.78, 5) is 0. The Balaban J connectivity index is 2.80. The van der Waals surface area contributed by atoms with Crippen molar-refractivity contribution in [3.05, 3.63) is 12.2 Å². The minimum absolute atomic E-state index is 0.200. The molecule has 14 heavy (non-hydrogen) atoms. The van der Waals surface area contributed by atoms with Crippen molar-refractivity contribution in [1.82, 2.24) is 0 Å². The Labute approximate surface area is 87.6 Å². The number of alkyl halides is 1. The summed E-state index contributed by atoms with van der Waals surface area (Å²) in [6, 6.07) is 0. The third-order valence-electron chi connectivity index (χ3n) is 4.14. The molecule has 0 aromatic heterocycles. The van der Waals surface area contributed by atoms with Crippen LogP contribution in [-0.2, 0) is 0 Å². The molecule has 1 rings (SSSR count). The molecule has 0 atom stereocenters. The minimum atomic E-state index is -0.937. The third kappa shape index (κ3) is 2.02. The molecule has 0 aromatic rings. The molecule has 1 heteroatoms. The molecule has 0 bridgehead atoms. The summed E-state index contributed by atoms with van der Waals surface area (Å²) in [6.07, 6.45) is 3.32. The largest absolute Gasteiger partial charge is 0.244 e. The van der Waals surface area contributed by atoms with E-state index in [1.165, 1.54) is 5.57 Å². The first-order valence-electron chi connectivity index (χ1n) is 5.65. The van der Waals surface area contributed by atoms with Crippen LogP contribution in [0.2, 0.25) is 0 Å². The van der Waals surface area contributed by atoms with Gasteiger partial charge in [0.2, 0.25) is 0 Å². The lowest BCUT2D eigenvalue weighted by molar-refractivity contribution is 0.0468. The van der Waals surface area contributed by atoms with Gasteiger partial charge in [0, 0.05) is 0 Å². The molecule has 0 nitrogen and oxygen atoms in total. The van der Waals surface area contributed by atoms with Crippen molar-refractivity contribution in [3.63, 3.8) is 0 Å². The Hall–Kier alpha value is -0.330. The highest BCUT2D eigenvalue weighted by Crippen LogP contribution is 2.50. The van der Waals surface area contributed by atoms with Crippen molar-refractivity contribution in [3.8, 4) is 0 Å². The molecule has 0 spiro atoms. The van der Waals surface area contributed by atoms with Gasteiger partial charge >= 0.3 is 0 Å². The quantitative estimate of drug-likeness (QED) is 0.573. The molecule has 1 fully saturated rings. The zero-order valence-corrected chi connectivity index (χ0v) is 9.99. The second kappa shape index (κ2) is 3.67. The topological polar surface area (TPSA) is 0 Å². The van der Waals surface area contributed by atoms with Gasteiger partial charge in [0.1, 0.15) is 5.67 Å². The summed E-state index contributed by atoms with van der Waals surface area (Å²) in [5.74, 6) is 0.580. The molecular weight excluding hydrogens is 175 g/mol. The molecule has 0 aromatic carbocycles. The second-order valence-electron chi connectivity index (χ2n) is 5.50. The molecule has 0 unspecified atom stereocenters. The standard InChI is InChI=1S/C13H23F/c1-10(2)13(11(3)4)8-6-12(5,14)7-9-13/h11H,1,6-9H2,2-5H3. The Bertz CT molecular complexity index is 215. The zero-order chi connectivity index (χ0) is 11.0. The van der Waals surface area contributed by atoms with Gasteiger partial charge < -0.3 is 0 Å². The molecule has 82 valence electrons. The van der Waals surface area contributed by atoms with Gasteiger partial charge in [-0.25, -0.2) is 4.39 Å². The van der Waals surface area contributed by atoms with E-state index in [4.69, 9.17) is 0 Å². The van der Waals surface area contributed by atoms with Gasteiger partial charge in [0.15, 0.2) is 0 Å². The van der Waals surface area contributed by atoms with E-state index in [9.17, 15) is 4.39 Å². The summed E-state index contributed by atoms with van der Waals surface area (Å²) < 4.78 is 13.7. The van der Waals surface area contributed by atoms with Crippen LogP contribution in [0.15, 0.2) is 12.2 Å². The van der Waals surface area contributed by atoms with Crippen molar-refractivity contribution in [2.75, 3.05) is 0 Å². The maximum Gasteiger partial charge on any atom is 0.108 e. The summed E-state index contributed by atoms with van der Waals surface area (Å²) in [7, 11) is 0. The van der Waals surface area contributed by atoms with E-state index in [0.717, 1.165) is 12.8 Å². The van der Waals surface area contributed by atoms with Crippen LogP contribution in [0.1, 0.15) is 53.4 Å². The first-order valence-corrected chi connectivity index (χ1v) is 5.65. The number of halogens is 1. The highest BCUT2D eigenvalue weighted by Gasteiger charge is 2.42. The highest BCUT2D eigenvalue weighted by atomic mass is 19.1. The van der Waals surface area contributed by atoms with Crippen molar-refractivity contribution in [2.24, 2.45) is 11.3 Å². The third-order valence-corrected chi connectivity index (χ3v) is 4.14. The van der Waals surface area contributed by atoms with Crippen LogP contribution in [-0.4, -0.2) is 5.67 Å². The van der Waals surface area contributed by atoms with Gasteiger partial charge in [-0.3, -0.25) is 0 Å². The Morgan fingerprint density at radius 2 is 1.64 bits per heavy atom. The average Bonchev–Trinajstić information content (AvgIpc) is 2.03.